The van der Waals surface area contributed by atoms with Crippen molar-refractivity contribution >= 4 is 11.5 Å². The summed E-state index contributed by atoms with van der Waals surface area (Å²) in [4.78, 5) is 12.4. The van der Waals surface area contributed by atoms with Crippen LogP contribution in [0.15, 0.2) is 5.16 Å². The van der Waals surface area contributed by atoms with Crippen LogP contribution in [0.1, 0.15) is 6.92 Å². The Kier molecular flexibility index (Phi) is 3.64. The topological polar surface area (TPSA) is 52.9 Å². The summed E-state index contributed by atoms with van der Waals surface area (Å²) in [5.74, 6) is -0.198. The Balaban J connectivity index is 3.99. The minimum Gasteiger partial charge on any atom is -0.411 e. The van der Waals surface area contributed by atoms with E-state index in [0.29, 0.717) is 6.54 Å². The van der Waals surface area contributed by atoms with Gasteiger partial charge in [0.1, 0.15) is 5.71 Å². The lowest BCUT2D eigenvalue weighted by Gasteiger charge is -2.07. The van der Waals surface area contributed by atoms with Crippen LogP contribution in [-0.4, -0.2) is 42.2 Å². The van der Waals surface area contributed by atoms with E-state index in [2.05, 4.69) is 5.16 Å². The van der Waals surface area contributed by atoms with Crippen molar-refractivity contribution in [2.45, 2.75) is 6.92 Å². The SMILES string of the molecule is CC(=O)C(CN(C)C)=NO. The van der Waals surface area contributed by atoms with Crippen LogP contribution < -0.4 is 0 Å². The summed E-state index contributed by atoms with van der Waals surface area (Å²) in [7, 11) is 3.60. The summed E-state index contributed by atoms with van der Waals surface area (Å²) >= 11 is 0. The van der Waals surface area contributed by atoms with Crippen molar-refractivity contribution < 1.29 is 10.0 Å². The number of hydrogen-bond acceptors (Lipinski definition) is 4. The molecule has 0 fully saturated rings. The molecular formula is C6H12N2O2. The number of oxime groups is 1. The monoisotopic (exact) mass is 144 g/mol. The number of carbonyl (C=O) groups excluding carboxylic acids is 1. The minimum atomic E-state index is -0.198. The molecule has 0 spiro atoms. The van der Waals surface area contributed by atoms with Gasteiger partial charge in [0.05, 0.1) is 0 Å². The lowest BCUT2D eigenvalue weighted by Crippen LogP contribution is -2.26. The van der Waals surface area contributed by atoms with E-state index < -0.39 is 0 Å². The first kappa shape index (κ1) is 9.10. The van der Waals surface area contributed by atoms with E-state index >= 15 is 0 Å². The Morgan fingerprint density at radius 3 is 2.20 bits per heavy atom. The summed E-state index contributed by atoms with van der Waals surface area (Å²) in [5.41, 5.74) is 0.185. The summed E-state index contributed by atoms with van der Waals surface area (Å²) in [6.45, 7) is 1.75. The van der Waals surface area contributed by atoms with Gasteiger partial charge in [-0.3, -0.25) is 4.79 Å². The van der Waals surface area contributed by atoms with Crippen LogP contribution in [0, 0.1) is 0 Å². The van der Waals surface area contributed by atoms with Crippen molar-refractivity contribution in [3.05, 3.63) is 0 Å². The highest BCUT2D eigenvalue weighted by Gasteiger charge is 2.06. The molecular weight excluding hydrogens is 132 g/mol. The van der Waals surface area contributed by atoms with Crippen molar-refractivity contribution in [1.82, 2.24) is 4.90 Å². The Bertz CT molecular complexity index is 152. The second-order valence-corrected chi connectivity index (χ2v) is 2.34. The third-order valence-corrected chi connectivity index (χ3v) is 0.993. The zero-order valence-corrected chi connectivity index (χ0v) is 6.46. The summed E-state index contributed by atoms with van der Waals surface area (Å²) in [5, 5.41) is 11.1. The van der Waals surface area contributed by atoms with Crippen molar-refractivity contribution in [3.8, 4) is 0 Å². The van der Waals surface area contributed by atoms with Gasteiger partial charge >= 0.3 is 0 Å². The second kappa shape index (κ2) is 4.00. The molecule has 0 amide bonds. The number of hydrogen-bond donors (Lipinski definition) is 1. The van der Waals surface area contributed by atoms with Gasteiger partial charge in [-0.05, 0) is 14.1 Å². The van der Waals surface area contributed by atoms with E-state index in [-0.39, 0.29) is 11.5 Å². The Hall–Kier alpha value is -0.900. The molecule has 0 aromatic rings. The average molecular weight is 144 g/mol. The van der Waals surface area contributed by atoms with Crippen LogP contribution in [0.2, 0.25) is 0 Å². The molecule has 0 aromatic carbocycles. The molecule has 1 N–H and O–H groups in total. The maximum absolute atomic E-state index is 10.6. The molecule has 0 heterocycles. The van der Waals surface area contributed by atoms with E-state index in [9.17, 15) is 4.79 Å². The van der Waals surface area contributed by atoms with Gasteiger partial charge in [-0.15, -0.1) is 0 Å². The Morgan fingerprint density at radius 1 is 1.60 bits per heavy atom. The Morgan fingerprint density at radius 2 is 2.10 bits per heavy atom. The number of ketones is 1. The normalized spacial score (nSPS) is 12.2. The largest absolute Gasteiger partial charge is 0.411 e. The fourth-order valence-corrected chi connectivity index (χ4v) is 0.513. The maximum atomic E-state index is 10.6. The van der Waals surface area contributed by atoms with Gasteiger partial charge < -0.3 is 10.1 Å². The third-order valence-electron chi connectivity index (χ3n) is 0.993. The first-order valence-corrected chi connectivity index (χ1v) is 2.94. The van der Waals surface area contributed by atoms with Gasteiger partial charge in [0, 0.05) is 13.5 Å². The molecule has 0 aliphatic heterocycles. The number of Topliss-reactive ketones (excluding diaryl/α,β-unsaturated/α-hetero) is 1. The molecule has 4 nitrogen and oxygen atoms in total. The first-order chi connectivity index (χ1) is 4.57. The molecule has 0 unspecified atom stereocenters. The van der Waals surface area contributed by atoms with Crippen LogP contribution in [0.5, 0.6) is 0 Å². The van der Waals surface area contributed by atoms with Crippen molar-refractivity contribution in [1.29, 1.82) is 0 Å². The van der Waals surface area contributed by atoms with Crippen LogP contribution >= 0.6 is 0 Å². The number of carbonyl (C=O) groups is 1. The molecule has 0 saturated heterocycles. The standard InChI is InChI=1S/C6H12N2O2/c1-5(9)6(7-10)4-8(2)3/h10H,4H2,1-3H3. The van der Waals surface area contributed by atoms with Crippen molar-refractivity contribution in [3.63, 3.8) is 0 Å². The van der Waals surface area contributed by atoms with Gasteiger partial charge in [-0.1, -0.05) is 5.16 Å². The molecule has 0 aromatic heterocycles. The highest BCUT2D eigenvalue weighted by molar-refractivity contribution is 6.39. The van der Waals surface area contributed by atoms with Crippen LogP contribution in [0.3, 0.4) is 0 Å². The fourth-order valence-electron chi connectivity index (χ4n) is 0.513. The van der Waals surface area contributed by atoms with Gasteiger partial charge in [-0.25, -0.2) is 0 Å². The van der Waals surface area contributed by atoms with E-state index in [1.807, 2.05) is 0 Å². The van der Waals surface area contributed by atoms with E-state index in [1.165, 1.54) is 6.92 Å². The van der Waals surface area contributed by atoms with Crippen molar-refractivity contribution in [2.24, 2.45) is 5.16 Å². The van der Waals surface area contributed by atoms with Gasteiger partial charge in [0.25, 0.3) is 0 Å². The summed E-state index contributed by atoms with van der Waals surface area (Å²) in [6.07, 6.45) is 0. The summed E-state index contributed by atoms with van der Waals surface area (Å²) in [6, 6.07) is 0. The fraction of sp³-hybridized carbons (Fsp3) is 0.667. The van der Waals surface area contributed by atoms with Crippen LogP contribution in [0.25, 0.3) is 0 Å². The van der Waals surface area contributed by atoms with Gasteiger partial charge in [0.15, 0.2) is 5.78 Å². The third kappa shape index (κ3) is 3.19. The van der Waals surface area contributed by atoms with Crippen molar-refractivity contribution in [2.75, 3.05) is 20.6 Å². The highest BCUT2D eigenvalue weighted by atomic mass is 16.4. The average Bonchev–Trinajstić information content (AvgIpc) is 1.81. The molecule has 0 rings (SSSR count). The maximum Gasteiger partial charge on any atom is 0.178 e. The zero-order chi connectivity index (χ0) is 8.15. The first-order valence-electron chi connectivity index (χ1n) is 2.94. The molecule has 0 radical (unpaired) electrons. The smallest absolute Gasteiger partial charge is 0.178 e. The minimum absolute atomic E-state index is 0.185. The molecule has 0 bridgehead atoms. The lowest BCUT2D eigenvalue weighted by atomic mass is 10.2. The van der Waals surface area contributed by atoms with Gasteiger partial charge in [0.2, 0.25) is 0 Å². The van der Waals surface area contributed by atoms with E-state index in [4.69, 9.17) is 5.21 Å². The molecule has 0 aliphatic carbocycles. The molecule has 0 aliphatic rings. The van der Waals surface area contributed by atoms with Crippen LogP contribution in [0.4, 0.5) is 0 Å². The molecule has 0 saturated carbocycles. The van der Waals surface area contributed by atoms with Crippen LogP contribution in [-0.2, 0) is 4.79 Å². The number of rotatable bonds is 3. The molecule has 10 heavy (non-hydrogen) atoms. The van der Waals surface area contributed by atoms with Gasteiger partial charge in [-0.2, -0.15) is 0 Å². The molecule has 0 atom stereocenters. The van der Waals surface area contributed by atoms with E-state index in [0.717, 1.165) is 0 Å². The second-order valence-electron chi connectivity index (χ2n) is 2.34. The molecule has 4 heteroatoms. The highest BCUT2D eigenvalue weighted by Crippen LogP contribution is 1.83. The predicted molar refractivity (Wildman–Crippen MR) is 38.5 cm³/mol. The number of nitrogens with zero attached hydrogens (tertiary/aromatic N) is 2. The lowest BCUT2D eigenvalue weighted by molar-refractivity contribution is -0.111. The predicted octanol–water partition coefficient (Wildman–Crippen LogP) is -0.0328. The summed E-state index contributed by atoms with van der Waals surface area (Å²) < 4.78 is 0. The Labute approximate surface area is 60.1 Å². The molecule has 58 valence electrons. The van der Waals surface area contributed by atoms with E-state index in [1.54, 1.807) is 19.0 Å². The zero-order valence-electron chi connectivity index (χ0n) is 6.46. The quantitative estimate of drug-likeness (QED) is 0.344.